The van der Waals surface area contributed by atoms with E-state index in [4.69, 9.17) is 4.42 Å². The van der Waals surface area contributed by atoms with Crippen LogP contribution in [0.1, 0.15) is 32.4 Å². The number of hydrogen-bond acceptors (Lipinski definition) is 4. The Hall–Kier alpha value is -1.65. The van der Waals surface area contributed by atoms with Crippen molar-refractivity contribution in [1.82, 2.24) is 20.0 Å². The standard InChI is InChI=1S/C11H16N4O/c1-7-12-13-10(16-7)8-6-9(11(2,3)4)14-15(8)5/h6H,1-5H3. The third-order valence-electron chi connectivity index (χ3n) is 2.39. The van der Waals surface area contributed by atoms with E-state index >= 15 is 0 Å². The van der Waals surface area contributed by atoms with Crippen LogP contribution in [0.5, 0.6) is 0 Å². The van der Waals surface area contributed by atoms with Gasteiger partial charge < -0.3 is 4.42 Å². The van der Waals surface area contributed by atoms with Crippen LogP contribution in [0.2, 0.25) is 0 Å². The van der Waals surface area contributed by atoms with Crippen LogP contribution >= 0.6 is 0 Å². The second-order valence-corrected chi connectivity index (χ2v) is 4.91. The Morgan fingerprint density at radius 2 is 1.94 bits per heavy atom. The molecule has 5 nitrogen and oxygen atoms in total. The lowest BCUT2D eigenvalue weighted by Crippen LogP contribution is -2.12. The van der Waals surface area contributed by atoms with Gasteiger partial charge in [0.05, 0.1) is 5.69 Å². The monoisotopic (exact) mass is 220 g/mol. The summed E-state index contributed by atoms with van der Waals surface area (Å²) in [5.41, 5.74) is 1.89. The van der Waals surface area contributed by atoms with Gasteiger partial charge in [0.15, 0.2) is 0 Å². The van der Waals surface area contributed by atoms with Gasteiger partial charge in [-0.15, -0.1) is 10.2 Å². The van der Waals surface area contributed by atoms with E-state index in [9.17, 15) is 0 Å². The molecule has 0 saturated carbocycles. The van der Waals surface area contributed by atoms with Gasteiger partial charge in [-0.1, -0.05) is 20.8 Å². The van der Waals surface area contributed by atoms with Gasteiger partial charge in [0, 0.05) is 19.4 Å². The zero-order chi connectivity index (χ0) is 11.9. The first-order valence-corrected chi connectivity index (χ1v) is 5.23. The van der Waals surface area contributed by atoms with Crippen molar-refractivity contribution in [3.05, 3.63) is 17.7 Å². The summed E-state index contributed by atoms with van der Waals surface area (Å²) in [7, 11) is 1.88. The van der Waals surface area contributed by atoms with Crippen molar-refractivity contribution >= 4 is 0 Å². The molecule has 0 unspecified atom stereocenters. The van der Waals surface area contributed by atoms with Crippen molar-refractivity contribution in [2.45, 2.75) is 33.1 Å². The molecule has 0 radical (unpaired) electrons. The lowest BCUT2D eigenvalue weighted by Gasteiger charge is -2.13. The van der Waals surface area contributed by atoms with Gasteiger partial charge in [-0.05, 0) is 6.07 Å². The van der Waals surface area contributed by atoms with E-state index < -0.39 is 0 Å². The predicted molar refractivity (Wildman–Crippen MR) is 59.9 cm³/mol. The summed E-state index contributed by atoms with van der Waals surface area (Å²) in [6.07, 6.45) is 0. The molecule has 2 heterocycles. The Labute approximate surface area is 94.5 Å². The Balaban J connectivity index is 2.47. The normalized spacial score (nSPS) is 12.1. The Morgan fingerprint density at radius 1 is 1.25 bits per heavy atom. The molecule has 0 saturated heterocycles. The van der Waals surface area contributed by atoms with Crippen LogP contribution in [-0.4, -0.2) is 20.0 Å². The summed E-state index contributed by atoms with van der Waals surface area (Å²) >= 11 is 0. The maximum Gasteiger partial charge on any atom is 0.265 e. The van der Waals surface area contributed by atoms with Crippen LogP contribution in [0.4, 0.5) is 0 Å². The van der Waals surface area contributed by atoms with Gasteiger partial charge in [-0.25, -0.2) is 0 Å². The van der Waals surface area contributed by atoms with Gasteiger partial charge in [0.2, 0.25) is 5.89 Å². The van der Waals surface area contributed by atoms with Crippen LogP contribution in [0.15, 0.2) is 10.5 Å². The van der Waals surface area contributed by atoms with Crippen molar-refractivity contribution in [2.24, 2.45) is 7.05 Å². The number of aryl methyl sites for hydroxylation is 2. The first-order valence-electron chi connectivity index (χ1n) is 5.23. The molecule has 0 atom stereocenters. The molecular weight excluding hydrogens is 204 g/mol. The summed E-state index contributed by atoms with van der Waals surface area (Å²) < 4.78 is 7.16. The van der Waals surface area contributed by atoms with Crippen molar-refractivity contribution in [3.63, 3.8) is 0 Å². The molecule has 0 aliphatic rings. The quantitative estimate of drug-likeness (QED) is 0.738. The van der Waals surface area contributed by atoms with Crippen LogP contribution in [0.3, 0.4) is 0 Å². The van der Waals surface area contributed by atoms with Gasteiger partial charge >= 0.3 is 0 Å². The second kappa shape index (κ2) is 3.43. The fourth-order valence-corrected chi connectivity index (χ4v) is 1.43. The van der Waals surface area contributed by atoms with Crippen molar-refractivity contribution in [2.75, 3.05) is 0 Å². The fraction of sp³-hybridized carbons (Fsp3) is 0.545. The van der Waals surface area contributed by atoms with Crippen LogP contribution in [0.25, 0.3) is 11.6 Å². The molecule has 0 spiro atoms. The van der Waals surface area contributed by atoms with E-state index in [1.165, 1.54) is 0 Å². The Bertz CT molecular complexity index is 504. The first-order chi connectivity index (χ1) is 7.38. The number of aromatic nitrogens is 4. The highest BCUT2D eigenvalue weighted by molar-refractivity contribution is 5.48. The molecule has 0 fully saturated rings. The number of nitrogens with zero attached hydrogens (tertiary/aromatic N) is 4. The highest BCUT2D eigenvalue weighted by atomic mass is 16.4. The zero-order valence-corrected chi connectivity index (χ0v) is 10.3. The van der Waals surface area contributed by atoms with Crippen molar-refractivity contribution in [3.8, 4) is 11.6 Å². The minimum absolute atomic E-state index is 0.0189. The summed E-state index contributed by atoms with van der Waals surface area (Å²) in [4.78, 5) is 0. The maximum absolute atomic E-state index is 5.39. The number of rotatable bonds is 1. The molecule has 2 aromatic heterocycles. The van der Waals surface area contributed by atoms with E-state index in [0.29, 0.717) is 11.8 Å². The molecule has 0 bridgehead atoms. The van der Waals surface area contributed by atoms with E-state index in [2.05, 4.69) is 36.1 Å². The highest BCUT2D eigenvalue weighted by Gasteiger charge is 2.21. The predicted octanol–water partition coefficient (Wildman–Crippen LogP) is 2.08. The third-order valence-corrected chi connectivity index (χ3v) is 2.39. The molecule has 0 aliphatic heterocycles. The Morgan fingerprint density at radius 3 is 2.38 bits per heavy atom. The number of hydrogen-bond donors (Lipinski definition) is 0. The average molecular weight is 220 g/mol. The summed E-state index contributed by atoms with van der Waals surface area (Å²) in [6.45, 7) is 8.14. The topological polar surface area (TPSA) is 56.7 Å². The average Bonchev–Trinajstić information content (AvgIpc) is 2.70. The van der Waals surface area contributed by atoms with E-state index in [0.717, 1.165) is 11.4 Å². The summed E-state index contributed by atoms with van der Waals surface area (Å²) in [5.74, 6) is 1.08. The third kappa shape index (κ3) is 1.85. The van der Waals surface area contributed by atoms with E-state index in [-0.39, 0.29) is 5.41 Å². The zero-order valence-electron chi connectivity index (χ0n) is 10.3. The molecule has 0 amide bonds. The minimum atomic E-state index is 0.0189. The largest absolute Gasteiger partial charge is 0.420 e. The summed E-state index contributed by atoms with van der Waals surface area (Å²) in [6, 6.07) is 1.99. The molecule has 86 valence electrons. The smallest absolute Gasteiger partial charge is 0.265 e. The van der Waals surface area contributed by atoms with Crippen molar-refractivity contribution in [1.29, 1.82) is 0 Å². The molecule has 2 rings (SSSR count). The highest BCUT2D eigenvalue weighted by Crippen LogP contribution is 2.25. The van der Waals surface area contributed by atoms with Gasteiger partial charge in [-0.3, -0.25) is 4.68 Å². The minimum Gasteiger partial charge on any atom is -0.420 e. The molecule has 0 N–H and O–H groups in total. The molecule has 16 heavy (non-hydrogen) atoms. The Kier molecular flexibility index (Phi) is 2.33. The fourth-order valence-electron chi connectivity index (χ4n) is 1.43. The van der Waals surface area contributed by atoms with Gasteiger partial charge in [0.25, 0.3) is 5.89 Å². The molecule has 0 aromatic carbocycles. The van der Waals surface area contributed by atoms with Crippen LogP contribution < -0.4 is 0 Å². The van der Waals surface area contributed by atoms with Crippen LogP contribution in [0, 0.1) is 6.92 Å². The van der Waals surface area contributed by atoms with Gasteiger partial charge in [-0.2, -0.15) is 5.10 Å². The molecule has 2 aromatic rings. The van der Waals surface area contributed by atoms with Crippen molar-refractivity contribution < 1.29 is 4.42 Å². The molecular formula is C11H16N4O. The SMILES string of the molecule is Cc1nnc(-c2cc(C(C)(C)C)nn2C)o1. The second-order valence-electron chi connectivity index (χ2n) is 4.91. The van der Waals surface area contributed by atoms with Gasteiger partial charge in [0.1, 0.15) is 5.69 Å². The van der Waals surface area contributed by atoms with E-state index in [1.807, 2.05) is 13.1 Å². The molecule has 0 aliphatic carbocycles. The molecule has 5 heteroatoms. The van der Waals surface area contributed by atoms with Crippen LogP contribution in [-0.2, 0) is 12.5 Å². The first kappa shape index (κ1) is 10.9. The summed E-state index contributed by atoms with van der Waals surface area (Å²) in [5, 5.41) is 12.3. The van der Waals surface area contributed by atoms with E-state index in [1.54, 1.807) is 11.6 Å². The lowest BCUT2D eigenvalue weighted by molar-refractivity contribution is 0.524. The maximum atomic E-state index is 5.39. The lowest BCUT2D eigenvalue weighted by atomic mass is 9.92.